The second kappa shape index (κ2) is 10.1. The number of nitrogens with zero attached hydrogens (tertiary/aromatic N) is 2. The maximum atomic E-state index is 13.1. The minimum absolute atomic E-state index is 0.000445. The van der Waals surface area contributed by atoms with Crippen molar-refractivity contribution < 1.29 is 23.1 Å². The van der Waals surface area contributed by atoms with E-state index in [1.807, 2.05) is 22.9 Å². The van der Waals surface area contributed by atoms with E-state index in [4.69, 9.17) is 9.15 Å². The van der Waals surface area contributed by atoms with Crippen molar-refractivity contribution in [3.63, 3.8) is 0 Å². The highest BCUT2D eigenvalue weighted by molar-refractivity contribution is 7.99. The summed E-state index contributed by atoms with van der Waals surface area (Å²) in [5.74, 6) is -0.948. The van der Waals surface area contributed by atoms with E-state index in [-0.39, 0.29) is 35.2 Å². The number of halogens is 1. The van der Waals surface area contributed by atoms with Crippen LogP contribution in [0, 0.1) is 5.82 Å². The molecule has 0 radical (unpaired) electrons. The molecule has 1 aromatic carbocycles. The predicted molar refractivity (Wildman–Crippen MR) is 123 cm³/mol. The summed E-state index contributed by atoms with van der Waals surface area (Å²) in [4.78, 5) is 26.0. The van der Waals surface area contributed by atoms with E-state index in [0.29, 0.717) is 16.1 Å². The van der Waals surface area contributed by atoms with Gasteiger partial charge in [-0.2, -0.15) is 0 Å². The van der Waals surface area contributed by atoms with Gasteiger partial charge in [0.2, 0.25) is 11.8 Å². The fourth-order valence-corrected chi connectivity index (χ4v) is 5.09. The van der Waals surface area contributed by atoms with Crippen LogP contribution in [0.25, 0.3) is 21.9 Å². The molecule has 0 saturated heterocycles. The number of amides is 1. The van der Waals surface area contributed by atoms with Gasteiger partial charge in [-0.05, 0) is 42.6 Å². The number of thioether (sulfide) groups is 1. The SMILES string of the molecule is CCOC(=O)c1c(-c2cccs2)csc1NC(=O)CSc1nnc(-c2ccc(F)cc2)o1. The van der Waals surface area contributed by atoms with Crippen molar-refractivity contribution in [2.24, 2.45) is 0 Å². The molecule has 4 rings (SSSR count). The molecule has 0 bridgehead atoms. The van der Waals surface area contributed by atoms with Crippen LogP contribution in [-0.2, 0) is 9.53 Å². The lowest BCUT2D eigenvalue weighted by Crippen LogP contribution is -2.16. The number of carbonyl (C=O) groups excluding carboxylic acids is 2. The number of esters is 1. The molecule has 11 heteroatoms. The molecule has 164 valence electrons. The summed E-state index contributed by atoms with van der Waals surface area (Å²) in [6.45, 7) is 1.96. The van der Waals surface area contributed by atoms with Crippen molar-refractivity contribution in [2.75, 3.05) is 17.7 Å². The molecule has 0 unspecified atom stereocenters. The molecule has 32 heavy (non-hydrogen) atoms. The number of carbonyl (C=O) groups is 2. The van der Waals surface area contributed by atoms with E-state index < -0.39 is 5.97 Å². The van der Waals surface area contributed by atoms with Crippen molar-refractivity contribution in [3.8, 4) is 21.9 Å². The van der Waals surface area contributed by atoms with Crippen LogP contribution in [0.4, 0.5) is 9.39 Å². The summed E-state index contributed by atoms with van der Waals surface area (Å²) in [6.07, 6.45) is 0. The Labute approximate surface area is 194 Å². The van der Waals surface area contributed by atoms with Gasteiger partial charge in [0.1, 0.15) is 16.4 Å². The van der Waals surface area contributed by atoms with Gasteiger partial charge in [0.15, 0.2) is 0 Å². The highest BCUT2D eigenvalue weighted by Crippen LogP contribution is 2.38. The van der Waals surface area contributed by atoms with Gasteiger partial charge in [0.05, 0.1) is 12.4 Å². The third-order valence-electron chi connectivity index (χ3n) is 4.13. The van der Waals surface area contributed by atoms with Crippen LogP contribution in [-0.4, -0.2) is 34.4 Å². The number of benzene rings is 1. The largest absolute Gasteiger partial charge is 0.462 e. The van der Waals surface area contributed by atoms with Crippen LogP contribution in [0.1, 0.15) is 17.3 Å². The van der Waals surface area contributed by atoms with Crippen LogP contribution in [0.5, 0.6) is 0 Å². The first-order valence-electron chi connectivity index (χ1n) is 9.39. The summed E-state index contributed by atoms with van der Waals surface area (Å²) in [5, 5.41) is 15.0. The van der Waals surface area contributed by atoms with E-state index in [1.165, 1.54) is 46.9 Å². The molecule has 0 aliphatic heterocycles. The number of nitrogens with one attached hydrogen (secondary N) is 1. The number of aromatic nitrogens is 2. The van der Waals surface area contributed by atoms with Crippen molar-refractivity contribution in [2.45, 2.75) is 12.1 Å². The zero-order valence-corrected chi connectivity index (χ0v) is 19.1. The van der Waals surface area contributed by atoms with Gasteiger partial charge in [0.25, 0.3) is 5.22 Å². The third kappa shape index (κ3) is 5.06. The molecule has 3 aromatic heterocycles. The number of thiophene rings is 2. The third-order valence-corrected chi connectivity index (χ3v) is 6.75. The van der Waals surface area contributed by atoms with Crippen molar-refractivity contribution in [1.82, 2.24) is 10.2 Å². The van der Waals surface area contributed by atoms with Gasteiger partial charge in [-0.3, -0.25) is 4.79 Å². The molecule has 7 nitrogen and oxygen atoms in total. The first-order valence-corrected chi connectivity index (χ1v) is 12.1. The molecule has 0 aliphatic carbocycles. The van der Waals surface area contributed by atoms with Gasteiger partial charge < -0.3 is 14.5 Å². The smallest absolute Gasteiger partial charge is 0.341 e. The zero-order chi connectivity index (χ0) is 22.5. The van der Waals surface area contributed by atoms with E-state index in [0.717, 1.165) is 22.2 Å². The first kappa shape index (κ1) is 22.2. The van der Waals surface area contributed by atoms with E-state index in [1.54, 1.807) is 6.92 Å². The summed E-state index contributed by atoms with van der Waals surface area (Å²) < 4.78 is 23.8. The lowest BCUT2D eigenvalue weighted by molar-refractivity contribution is -0.113. The van der Waals surface area contributed by atoms with E-state index in [9.17, 15) is 14.0 Å². The topological polar surface area (TPSA) is 94.3 Å². The molecule has 1 amide bonds. The molecular formula is C21H16FN3O4S3. The van der Waals surface area contributed by atoms with Crippen molar-refractivity contribution in [3.05, 3.63) is 58.5 Å². The lowest BCUT2D eigenvalue weighted by Gasteiger charge is -2.07. The van der Waals surface area contributed by atoms with Gasteiger partial charge in [-0.15, -0.1) is 32.9 Å². The molecule has 0 saturated carbocycles. The monoisotopic (exact) mass is 489 g/mol. The number of anilines is 1. The average molecular weight is 490 g/mol. The van der Waals surface area contributed by atoms with Gasteiger partial charge >= 0.3 is 5.97 Å². The second-order valence-electron chi connectivity index (χ2n) is 6.27. The van der Waals surface area contributed by atoms with Crippen LogP contribution in [0.15, 0.2) is 56.8 Å². The zero-order valence-electron chi connectivity index (χ0n) is 16.7. The molecule has 0 spiro atoms. The highest BCUT2D eigenvalue weighted by Gasteiger charge is 2.23. The van der Waals surface area contributed by atoms with Crippen molar-refractivity contribution >= 4 is 51.3 Å². The second-order valence-corrected chi connectivity index (χ2v) is 9.02. The summed E-state index contributed by atoms with van der Waals surface area (Å²) >= 11 is 3.82. The Morgan fingerprint density at radius 1 is 1.19 bits per heavy atom. The van der Waals surface area contributed by atoms with E-state index in [2.05, 4.69) is 15.5 Å². The molecule has 0 atom stereocenters. The fourth-order valence-electron chi connectivity index (χ4n) is 2.74. The number of rotatable bonds is 8. The standard InChI is InChI=1S/C21H16FN3O4S3/c1-2-28-20(27)17-14(15-4-3-9-30-15)10-31-19(17)23-16(26)11-32-21-25-24-18(29-21)12-5-7-13(22)8-6-12/h3-10H,2,11H2,1H3,(H,23,26). The first-order chi connectivity index (χ1) is 15.5. The highest BCUT2D eigenvalue weighted by atomic mass is 32.2. The molecule has 3 heterocycles. The minimum Gasteiger partial charge on any atom is -0.462 e. The number of ether oxygens (including phenoxy) is 1. The minimum atomic E-state index is -0.485. The molecule has 0 fully saturated rings. The lowest BCUT2D eigenvalue weighted by atomic mass is 10.1. The van der Waals surface area contributed by atoms with Crippen LogP contribution < -0.4 is 5.32 Å². The molecule has 1 N–H and O–H groups in total. The predicted octanol–water partition coefficient (Wildman–Crippen LogP) is 5.57. The maximum absolute atomic E-state index is 13.1. The Morgan fingerprint density at radius 3 is 2.72 bits per heavy atom. The Balaban J connectivity index is 1.43. The Bertz CT molecular complexity index is 1220. The van der Waals surface area contributed by atoms with Gasteiger partial charge in [-0.1, -0.05) is 17.8 Å². The normalized spacial score (nSPS) is 10.8. The Kier molecular flexibility index (Phi) is 6.98. The average Bonchev–Trinajstić information content (AvgIpc) is 3.53. The molecular weight excluding hydrogens is 473 g/mol. The molecule has 4 aromatic rings. The van der Waals surface area contributed by atoms with Gasteiger partial charge in [0, 0.05) is 21.4 Å². The molecule has 0 aliphatic rings. The van der Waals surface area contributed by atoms with Crippen molar-refractivity contribution in [1.29, 1.82) is 0 Å². The van der Waals surface area contributed by atoms with Crippen LogP contribution in [0.3, 0.4) is 0 Å². The number of hydrogen-bond donors (Lipinski definition) is 1. The summed E-state index contributed by atoms with van der Waals surface area (Å²) in [6, 6.07) is 9.46. The van der Waals surface area contributed by atoms with E-state index >= 15 is 0 Å². The van der Waals surface area contributed by atoms with Crippen LogP contribution in [0.2, 0.25) is 0 Å². The Morgan fingerprint density at radius 2 is 2.00 bits per heavy atom. The van der Waals surface area contributed by atoms with Crippen LogP contribution >= 0.6 is 34.4 Å². The quantitative estimate of drug-likeness (QED) is 0.255. The Hall–Kier alpha value is -3.02. The summed E-state index contributed by atoms with van der Waals surface area (Å²) in [7, 11) is 0. The number of hydrogen-bond acceptors (Lipinski definition) is 9. The maximum Gasteiger partial charge on any atom is 0.341 e. The summed E-state index contributed by atoms with van der Waals surface area (Å²) in [5.41, 5.74) is 1.65. The fraction of sp³-hybridized carbons (Fsp3) is 0.143. The van der Waals surface area contributed by atoms with Gasteiger partial charge in [-0.25, -0.2) is 9.18 Å².